The maximum absolute atomic E-state index is 12.9. The summed E-state index contributed by atoms with van der Waals surface area (Å²) >= 11 is 0. The summed E-state index contributed by atoms with van der Waals surface area (Å²) < 4.78 is 16.8. The van der Waals surface area contributed by atoms with Gasteiger partial charge in [0.1, 0.15) is 13.2 Å². The first-order chi connectivity index (χ1) is 35.5. The van der Waals surface area contributed by atoms with Crippen LogP contribution in [0.1, 0.15) is 310 Å². The number of ether oxygens (including phenoxy) is 3. The lowest BCUT2D eigenvalue weighted by atomic mass is 10.0. The minimum atomic E-state index is -0.783. The van der Waals surface area contributed by atoms with Gasteiger partial charge in [-0.3, -0.25) is 14.4 Å². The number of esters is 3. The highest BCUT2D eigenvalue weighted by Gasteiger charge is 2.19. The molecule has 0 heterocycles. The molecule has 0 saturated heterocycles. The predicted octanol–water partition coefficient (Wildman–Crippen LogP) is 20.9. The number of carbonyl (C=O) groups is 3. The Morgan fingerprint density at radius 1 is 0.292 bits per heavy atom. The molecule has 416 valence electrons. The van der Waals surface area contributed by atoms with Crippen LogP contribution in [0.15, 0.2) is 72.9 Å². The van der Waals surface area contributed by atoms with Gasteiger partial charge in [-0.1, -0.05) is 293 Å². The van der Waals surface area contributed by atoms with E-state index in [2.05, 4.69) is 93.7 Å². The van der Waals surface area contributed by atoms with Crippen molar-refractivity contribution in [1.29, 1.82) is 0 Å². The van der Waals surface area contributed by atoms with Gasteiger partial charge < -0.3 is 14.2 Å². The third-order valence-corrected chi connectivity index (χ3v) is 13.5. The first kappa shape index (κ1) is 68.8. The van der Waals surface area contributed by atoms with Gasteiger partial charge in [-0.25, -0.2) is 0 Å². The van der Waals surface area contributed by atoms with Crippen LogP contribution in [0.5, 0.6) is 0 Å². The molecule has 6 heteroatoms. The Kier molecular flexibility index (Phi) is 57.8. The second kappa shape index (κ2) is 60.4. The zero-order valence-electron chi connectivity index (χ0n) is 47.7. The Morgan fingerprint density at radius 2 is 0.542 bits per heavy atom. The number of allylic oxidation sites excluding steroid dienone is 12. The van der Waals surface area contributed by atoms with E-state index < -0.39 is 6.10 Å². The van der Waals surface area contributed by atoms with Crippen molar-refractivity contribution in [3.05, 3.63) is 72.9 Å². The van der Waals surface area contributed by atoms with Crippen LogP contribution in [0.4, 0.5) is 0 Å². The fourth-order valence-electron chi connectivity index (χ4n) is 8.86. The summed E-state index contributed by atoms with van der Waals surface area (Å²) in [5.41, 5.74) is 0. The van der Waals surface area contributed by atoms with Gasteiger partial charge in [0.15, 0.2) is 6.10 Å². The Balaban J connectivity index is 4.23. The minimum Gasteiger partial charge on any atom is -0.462 e. The van der Waals surface area contributed by atoms with Crippen LogP contribution in [-0.4, -0.2) is 37.2 Å². The molecule has 0 N–H and O–H groups in total. The van der Waals surface area contributed by atoms with Crippen LogP contribution in [-0.2, 0) is 28.6 Å². The topological polar surface area (TPSA) is 78.9 Å². The molecule has 1 unspecified atom stereocenters. The van der Waals surface area contributed by atoms with Crippen LogP contribution in [0.25, 0.3) is 0 Å². The molecular formula is C66H116O6. The molecule has 0 aromatic heterocycles. The van der Waals surface area contributed by atoms with Crippen LogP contribution >= 0.6 is 0 Å². The molecule has 6 nitrogen and oxygen atoms in total. The smallest absolute Gasteiger partial charge is 0.306 e. The molecule has 0 spiro atoms. The number of rotatable bonds is 56. The third kappa shape index (κ3) is 57.7. The van der Waals surface area contributed by atoms with Crippen LogP contribution in [0.3, 0.4) is 0 Å². The van der Waals surface area contributed by atoms with Crippen LogP contribution in [0.2, 0.25) is 0 Å². The normalized spacial score (nSPS) is 12.5. The fourth-order valence-corrected chi connectivity index (χ4v) is 8.86. The van der Waals surface area contributed by atoms with Crippen molar-refractivity contribution in [2.24, 2.45) is 0 Å². The standard InChI is InChI=1S/C66H116O6/c1-4-7-10-13-16-19-21-23-25-27-29-31-33-35-37-39-41-43-45-47-50-53-56-59-65(68)71-62-63(61-70-64(67)58-55-52-49-18-15-12-9-6-3)72-66(69)60-57-54-51-48-46-44-42-40-38-36-34-32-30-28-26-24-22-20-17-14-11-8-5-2/h7,10,16,19,23,25,29,31,35,37,41,43,63H,4-6,8-9,11-15,17-18,20-22,24,26-28,30,32-34,36,38-40,42,44-62H2,1-3H3/b10-7-,19-16-,25-23-,31-29-,37-35-,43-41-. The maximum Gasteiger partial charge on any atom is 0.306 e. The number of unbranched alkanes of at least 4 members (excludes halogenated alkanes) is 33. The van der Waals surface area contributed by atoms with E-state index in [1.165, 1.54) is 161 Å². The van der Waals surface area contributed by atoms with Crippen molar-refractivity contribution in [2.75, 3.05) is 13.2 Å². The summed E-state index contributed by atoms with van der Waals surface area (Å²) in [6.45, 7) is 6.51. The van der Waals surface area contributed by atoms with Gasteiger partial charge in [-0.15, -0.1) is 0 Å². The molecule has 0 aliphatic heterocycles. The van der Waals surface area contributed by atoms with Crippen LogP contribution in [0, 0.1) is 0 Å². The fraction of sp³-hybridized carbons (Fsp3) is 0.773. The zero-order valence-corrected chi connectivity index (χ0v) is 47.7. The van der Waals surface area contributed by atoms with Gasteiger partial charge >= 0.3 is 17.9 Å². The molecule has 0 amide bonds. The van der Waals surface area contributed by atoms with Gasteiger partial charge in [0.05, 0.1) is 0 Å². The second-order valence-electron chi connectivity index (χ2n) is 20.6. The molecule has 72 heavy (non-hydrogen) atoms. The summed E-state index contributed by atoms with van der Waals surface area (Å²) in [5, 5.41) is 0. The Morgan fingerprint density at radius 3 is 0.847 bits per heavy atom. The van der Waals surface area contributed by atoms with Gasteiger partial charge in [0.2, 0.25) is 0 Å². The maximum atomic E-state index is 12.9. The lowest BCUT2D eigenvalue weighted by molar-refractivity contribution is -0.167. The van der Waals surface area contributed by atoms with Gasteiger partial charge in [0.25, 0.3) is 0 Å². The van der Waals surface area contributed by atoms with E-state index in [-0.39, 0.29) is 31.1 Å². The van der Waals surface area contributed by atoms with Crippen molar-refractivity contribution in [3.63, 3.8) is 0 Å². The highest BCUT2D eigenvalue weighted by atomic mass is 16.6. The lowest BCUT2D eigenvalue weighted by Gasteiger charge is -2.18. The monoisotopic (exact) mass is 1000 g/mol. The molecule has 0 rings (SSSR count). The quantitative estimate of drug-likeness (QED) is 0.0261. The second-order valence-corrected chi connectivity index (χ2v) is 20.6. The first-order valence-electron chi connectivity index (χ1n) is 30.9. The van der Waals surface area contributed by atoms with E-state index in [9.17, 15) is 14.4 Å². The molecule has 0 bridgehead atoms. The summed E-state index contributed by atoms with van der Waals surface area (Å²) in [4.78, 5) is 38.1. The number of carbonyl (C=O) groups excluding carboxylic acids is 3. The Labute approximate surface area is 446 Å². The molecule has 0 aliphatic rings. The van der Waals surface area contributed by atoms with E-state index in [1.54, 1.807) is 0 Å². The first-order valence-corrected chi connectivity index (χ1v) is 30.9. The molecule has 0 radical (unpaired) electrons. The highest BCUT2D eigenvalue weighted by Crippen LogP contribution is 2.17. The summed E-state index contributed by atoms with van der Waals surface area (Å²) in [6, 6.07) is 0. The lowest BCUT2D eigenvalue weighted by Crippen LogP contribution is -2.30. The van der Waals surface area contributed by atoms with Gasteiger partial charge in [-0.05, 0) is 70.6 Å². The van der Waals surface area contributed by atoms with Gasteiger partial charge in [0, 0.05) is 19.3 Å². The SMILES string of the molecule is CC/C=C\C/C=C\C/C=C\C/C=C\C/C=C\C/C=C\CCCCCCC(=O)OCC(COC(=O)CCCCCCCCCC)OC(=O)CCCCCCCCCCCCCCCCCCCCCCCCC. The van der Waals surface area contributed by atoms with Crippen LogP contribution < -0.4 is 0 Å². The van der Waals surface area contributed by atoms with E-state index in [4.69, 9.17) is 14.2 Å². The summed E-state index contributed by atoms with van der Waals surface area (Å²) in [7, 11) is 0. The van der Waals surface area contributed by atoms with Crippen molar-refractivity contribution in [1.82, 2.24) is 0 Å². The van der Waals surface area contributed by atoms with Crippen molar-refractivity contribution < 1.29 is 28.6 Å². The molecule has 0 saturated carbocycles. The minimum absolute atomic E-state index is 0.0805. The third-order valence-electron chi connectivity index (χ3n) is 13.5. The molecule has 1 atom stereocenters. The number of hydrogen-bond donors (Lipinski definition) is 0. The largest absolute Gasteiger partial charge is 0.462 e. The van der Waals surface area contributed by atoms with Crippen molar-refractivity contribution >= 4 is 17.9 Å². The number of hydrogen-bond acceptors (Lipinski definition) is 6. The van der Waals surface area contributed by atoms with Crippen molar-refractivity contribution in [3.8, 4) is 0 Å². The van der Waals surface area contributed by atoms with E-state index in [0.717, 1.165) is 109 Å². The molecule has 0 aromatic carbocycles. The molecule has 0 aliphatic carbocycles. The van der Waals surface area contributed by atoms with E-state index in [0.29, 0.717) is 19.3 Å². The summed E-state index contributed by atoms with van der Waals surface area (Å²) in [5.74, 6) is -0.897. The van der Waals surface area contributed by atoms with Gasteiger partial charge in [-0.2, -0.15) is 0 Å². The van der Waals surface area contributed by atoms with Crippen molar-refractivity contribution in [2.45, 2.75) is 316 Å². The van der Waals surface area contributed by atoms with E-state index >= 15 is 0 Å². The molecule has 0 aromatic rings. The summed E-state index contributed by atoms with van der Waals surface area (Å²) in [6.07, 6.45) is 77.8. The Hall–Kier alpha value is -3.15. The average Bonchev–Trinajstić information content (AvgIpc) is 3.38. The Bertz CT molecular complexity index is 1340. The molecule has 0 fully saturated rings. The zero-order chi connectivity index (χ0) is 52.2. The average molecular weight is 1010 g/mol. The molecular weight excluding hydrogens is 889 g/mol. The predicted molar refractivity (Wildman–Crippen MR) is 311 cm³/mol. The highest BCUT2D eigenvalue weighted by molar-refractivity contribution is 5.71. The van der Waals surface area contributed by atoms with E-state index in [1.807, 2.05) is 0 Å².